The molecule has 2 rings (SSSR count). The molecule has 29 heavy (non-hydrogen) atoms. The zero-order valence-electron chi connectivity index (χ0n) is 16.4. The Morgan fingerprint density at radius 1 is 1.24 bits per heavy atom. The van der Waals surface area contributed by atoms with Gasteiger partial charge in [-0.05, 0) is 18.9 Å². The fourth-order valence-corrected chi connectivity index (χ4v) is 3.01. The maximum Gasteiger partial charge on any atom is 0.305 e. The van der Waals surface area contributed by atoms with E-state index >= 15 is 0 Å². The van der Waals surface area contributed by atoms with E-state index in [1.807, 2.05) is 6.08 Å². The van der Waals surface area contributed by atoms with Crippen LogP contribution in [0.25, 0.3) is 0 Å². The van der Waals surface area contributed by atoms with Gasteiger partial charge in [0.1, 0.15) is 5.92 Å². The van der Waals surface area contributed by atoms with Crippen LogP contribution in [0.1, 0.15) is 31.4 Å². The monoisotopic (exact) mass is 401 g/mol. The molecule has 1 aliphatic heterocycles. The van der Waals surface area contributed by atoms with Gasteiger partial charge < -0.3 is 26.4 Å². The summed E-state index contributed by atoms with van der Waals surface area (Å²) < 4.78 is 0. The summed E-state index contributed by atoms with van der Waals surface area (Å²) in [6.07, 6.45) is 2.31. The molecule has 156 valence electrons. The smallest absolute Gasteiger partial charge is 0.305 e. The average molecular weight is 401 g/mol. The third kappa shape index (κ3) is 6.63. The second-order valence-electron chi connectivity index (χ2n) is 6.96. The quantitative estimate of drug-likeness (QED) is 0.177. The van der Waals surface area contributed by atoms with Crippen molar-refractivity contribution in [3.63, 3.8) is 0 Å². The number of carbonyl (C=O) groups is 3. The molecule has 6 N–H and O–H groups in total. The van der Waals surface area contributed by atoms with Crippen LogP contribution in [-0.2, 0) is 14.4 Å². The first kappa shape index (κ1) is 21.9. The van der Waals surface area contributed by atoms with Crippen LogP contribution >= 0.6 is 0 Å². The molecule has 0 aromatic heterocycles. The number of hydrogen-bond donors (Lipinski definition) is 5. The number of carboxylic acid groups (broad SMARTS) is 1. The minimum Gasteiger partial charge on any atom is -0.481 e. The van der Waals surface area contributed by atoms with E-state index in [1.54, 1.807) is 35.2 Å². The van der Waals surface area contributed by atoms with Gasteiger partial charge in [0.05, 0.1) is 12.5 Å². The molecule has 2 unspecified atom stereocenters. The van der Waals surface area contributed by atoms with Gasteiger partial charge in [0.2, 0.25) is 11.8 Å². The van der Waals surface area contributed by atoms with E-state index in [4.69, 9.17) is 16.2 Å². The Hall–Kier alpha value is -3.36. The van der Waals surface area contributed by atoms with Crippen molar-refractivity contribution < 1.29 is 19.5 Å². The summed E-state index contributed by atoms with van der Waals surface area (Å²) in [5.74, 6) is -2.94. The summed E-state index contributed by atoms with van der Waals surface area (Å²) in [5.41, 5.74) is 7.18. The SMILES string of the molecule is CC(C(=O)NCCC1=CCN(C(=N)N)C1)C(=O)NC(CC(=O)O)c1ccccc1. The van der Waals surface area contributed by atoms with Gasteiger partial charge in [0.25, 0.3) is 0 Å². The van der Waals surface area contributed by atoms with Gasteiger partial charge in [-0.3, -0.25) is 19.8 Å². The van der Waals surface area contributed by atoms with Crippen LogP contribution in [-0.4, -0.2) is 53.4 Å². The number of rotatable bonds is 9. The Morgan fingerprint density at radius 3 is 2.52 bits per heavy atom. The van der Waals surface area contributed by atoms with Crippen LogP contribution < -0.4 is 16.4 Å². The minimum atomic E-state index is -1.04. The lowest BCUT2D eigenvalue weighted by molar-refractivity contribution is -0.138. The highest BCUT2D eigenvalue weighted by Gasteiger charge is 2.25. The molecule has 0 spiro atoms. The number of aliphatic carboxylic acids is 1. The first-order valence-electron chi connectivity index (χ1n) is 9.39. The highest BCUT2D eigenvalue weighted by atomic mass is 16.4. The lowest BCUT2D eigenvalue weighted by atomic mass is 10.0. The number of guanidine groups is 1. The summed E-state index contributed by atoms with van der Waals surface area (Å²) in [6.45, 7) is 3.00. The van der Waals surface area contributed by atoms with Gasteiger partial charge in [-0.15, -0.1) is 0 Å². The van der Waals surface area contributed by atoms with Crippen LogP contribution in [0.15, 0.2) is 42.0 Å². The number of hydrogen-bond acceptors (Lipinski definition) is 4. The van der Waals surface area contributed by atoms with E-state index in [1.165, 1.54) is 6.92 Å². The van der Waals surface area contributed by atoms with Gasteiger partial charge in [-0.1, -0.05) is 42.0 Å². The molecule has 1 aliphatic rings. The molecule has 1 heterocycles. The van der Waals surface area contributed by atoms with Crippen molar-refractivity contribution >= 4 is 23.7 Å². The number of carbonyl (C=O) groups excluding carboxylic acids is 2. The summed E-state index contributed by atoms with van der Waals surface area (Å²) in [6, 6.07) is 8.08. The topological polar surface area (TPSA) is 149 Å². The van der Waals surface area contributed by atoms with E-state index in [2.05, 4.69) is 10.6 Å². The molecule has 0 fully saturated rings. The van der Waals surface area contributed by atoms with Gasteiger partial charge in [-0.2, -0.15) is 0 Å². The zero-order valence-corrected chi connectivity index (χ0v) is 16.4. The predicted octanol–water partition coefficient (Wildman–Crippen LogP) is 0.596. The first-order valence-corrected chi connectivity index (χ1v) is 9.39. The Bertz CT molecular complexity index is 793. The van der Waals surface area contributed by atoms with Crippen LogP contribution in [0.3, 0.4) is 0 Å². The van der Waals surface area contributed by atoms with E-state index < -0.39 is 29.7 Å². The van der Waals surface area contributed by atoms with Crippen molar-refractivity contribution in [2.45, 2.75) is 25.8 Å². The zero-order chi connectivity index (χ0) is 21.4. The highest BCUT2D eigenvalue weighted by molar-refractivity contribution is 6.00. The number of benzene rings is 1. The third-order valence-corrected chi connectivity index (χ3v) is 4.76. The van der Waals surface area contributed by atoms with Crippen molar-refractivity contribution in [3.05, 3.63) is 47.5 Å². The standard InChI is InChI=1S/C20H27N5O4/c1-13(18(28)23-9-7-14-8-10-25(12-14)20(21)22)19(29)24-16(11-17(26)27)15-5-3-2-4-6-15/h2-6,8,13,16H,7,9-12H2,1H3,(H3,21,22)(H,23,28)(H,24,29)(H,26,27). The van der Waals surface area contributed by atoms with E-state index in [9.17, 15) is 14.4 Å². The lowest BCUT2D eigenvalue weighted by Crippen LogP contribution is -2.42. The molecule has 0 radical (unpaired) electrons. The summed E-state index contributed by atoms with van der Waals surface area (Å²) >= 11 is 0. The Labute approximate surface area is 169 Å². The van der Waals surface area contributed by atoms with Gasteiger partial charge in [-0.25, -0.2) is 0 Å². The molecule has 9 nitrogen and oxygen atoms in total. The van der Waals surface area contributed by atoms with Crippen molar-refractivity contribution in [3.8, 4) is 0 Å². The van der Waals surface area contributed by atoms with Gasteiger partial charge in [0.15, 0.2) is 5.96 Å². The maximum absolute atomic E-state index is 12.5. The summed E-state index contributed by atoms with van der Waals surface area (Å²) in [5, 5.41) is 21.9. The number of nitrogens with one attached hydrogen (secondary N) is 3. The van der Waals surface area contributed by atoms with Crippen molar-refractivity contribution in [2.24, 2.45) is 11.7 Å². The van der Waals surface area contributed by atoms with Crippen molar-refractivity contribution in [1.29, 1.82) is 5.41 Å². The van der Waals surface area contributed by atoms with Gasteiger partial charge in [0, 0.05) is 19.6 Å². The molecule has 2 amide bonds. The van der Waals surface area contributed by atoms with Gasteiger partial charge >= 0.3 is 5.97 Å². The third-order valence-electron chi connectivity index (χ3n) is 4.76. The molecule has 0 aliphatic carbocycles. The molecule has 9 heteroatoms. The van der Waals surface area contributed by atoms with Crippen LogP contribution in [0.2, 0.25) is 0 Å². The van der Waals surface area contributed by atoms with Crippen molar-refractivity contribution in [2.75, 3.05) is 19.6 Å². The maximum atomic E-state index is 12.5. The van der Waals surface area contributed by atoms with Crippen LogP contribution in [0.4, 0.5) is 0 Å². The second kappa shape index (κ2) is 10.3. The second-order valence-corrected chi connectivity index (χ2v) is 6.96. The largest absolute Gasteiger partial charge is 0.481 e. The molecular formula is C20H27N5O4. The normalized spacial score (nSPS) is 15.2. The molecule has 2 atom stereocenters. The molecule has 0 saturated carbocycles. The number of amides is 2. The van der Waals surface area contributed by atoms with E-state index in [0.717, 1.165) is 5.57 Å². The Kier molecular flexibility index (Phi) is 7.76. The molecular weight excluding hydrogens is 374 g/mol. The fourth-order valence-electron chi connectivity index (χ4n) is 3.01. The number of carboxylic acids is 1. The fraction of sp³-hybridized carbons (Fsp3) is 0.400. The molecule has 0 saturated heterocycles. The Balaban J connectivity index is 1.84. The highest BCUT2D eigenvalue weighted by Crippen LogP contribution is 2.17. The average Bonchev–Trinajstić information content (AvgIpc) is 3.16. The number of nitrogens with two attached hydrogens (primary N) is 1. The summed E-state index contributed by atoms with van der Waals surface area (Å²) in [7, 11) is 0. The molecule has 1 aromatic rings. The predicted molar refractivity (Wildman–Crippen MR) is 108 cm³/mol. The molecule has 1 aromatic carbocycles. The van der Waals surface area contributed by atoms with Crippen LogP contribution in [0, 0.1) is 11.3 Å². The van der Waals surface area contributed by atoms with Crippen molar-refractivity contribution in [1.82, 2.24) is 15.5 Å². The lowest BCUT2D eigenvalue weighted by Gasteiger charge is -2.20. The minimum absolute atomic E-state index is 0.0138. The first-order chi connectivity index (χ1) is 13.8. The number of nitrogens with zero attached hydrogens (tertiary/aromatic N) is 1. The van der Waals surface area contributed by atoms with Crippen LogP contribution in [0.5, 0.6) is 0 Å². The Morgan fingerprint density at radius 2 is 1.93 bits per heavy atom. The van der Waals surface area contributed by atoms with E-state index in [-0.39, 0.29) is 12.4 Å². The van der Waals surface area contributed by atoms with E-state index in [0.29, 0.717) is 31.6 Å². The summed E-state index contributed by atoms with van der Waals surface area (Å²) in [4.78, 5) is 37.6. The molecule has 0 bridgehead atoms.